The molecule has 1 saturated heterocycles. The SMILES string of the molecule is COc1cc(OC2CCN(C)CC2)ccc1Nc1cc2c(cn1)cc(-c1cnn(C(=O)OC(C)(C)C)c1)n2C(=O)OC(C)(C)C. The third-order valence-electron chi connectivity index (χ3n) is 7.13. The van der Waals surface area contributed by atoms with Crippen LogP contribution in [-0.2, 0) is 9.47 Å². The molecule has 0 aliphatic carbocycles. The van der Waals surface area contributed by atoms with Crippen molar-refractivity contribution < 1.29 is 28.5 Å². The summed E-state index contributed by atoms with van der Waals surface area (Å²) in [7, 11) is 3.73. The Kier molecular flexibility index (Phi) is 8.79. The van der Waals surface area contributed by atoms with E-state index in [1.165, 1.54) is 17.0 Å². The summed E-state index contributed by atoms with van der Waals surface area (Å²) in [5, 5.41) is 8.19. The van der Waals surface area contributed by atoms with Crippen molar-refractivity contribution in [1.82, 2.24) is 24.2 Å². The monoisotopic (exact) mass is 618 g/mol. The molecule has 0 amide bonds. The summed E-state index contributed by atoms with van der Waals surface area (Å²) in [6.45, 7) is 12.8. The van der Waals surface area contributed by atoms with Crippen molar-refractivity contribution in [2.75, 3.05) is 32.6 Å². The number of ether oxygens (including phenoxy) is 4. The molecule has 1 fully saturated rings. The molecule has 1 aliphatic rings. The van der Waals surface area contributed by atoms with E-state index in [9.17, 15) is 9.59 Å². The lowest BCUT2D eigenvalue weighted by Crippen LogP contribution is -2.35. The molecule has 1 aliphatic heterocycles. The summed E-state index contributed by atoms with van der Waals surface area (Å²) in [5.74, 6) is 1.83. The van der Waals surface area contributed by atoms with Crippen molar-refractivity contribution >= 4 is 34.6 Å². The van der Waals surface area contributed by atoms with E-state index in [0.717, 1.165) is 36.4 Å². The molecule has 1 aromatic carbocycles. The zero-order valence-electron chi connectivity index (χ0n) is 27.2. The normalized spacial score (nSPS) is 14.8. The van der Waals surface area contributed by atoms with Gasteiger partial charge in [0.25, 0.3) is 0 Å². The van der Waals surface area contributed by atoms with Gasteiger partial charge in [0.05, 0.1) is 30.2 Å². The molecule has 1 N–H and O–H groups in total. The first-order valence-corrected chi connectivity index (χ1v) is 15.0. The lowest BCUT2D eigenvalue weighted by molar-refractivity contribution is 0.0512. The standard InChI is InChI=1S/C33H42N6O6/c1-32(2,3)44-30(40)38-20-22(19-35-38)26-15-21-18-34-29(17-27(21)39(26)31(41)45-33(4,5)6)36-25-10-9-24(16-28(25)42-8)43-23-11-13-37(7)14-12-23/h9-10,15-20,23H,11-14H2,1-8H3,(H,34,36). The Morgan fingerprint density at radius 1 is 0.933 bits per heavy atom. The second-order valence-corrected chi connectivity index (χ2v) is 13.2. The summed E-state index contributed by atoms with van der Waals surface area (Å²) in [6.07, 6.45) is 5.61. The Balaban J connectivity index is 1.46. The second-order valence-electron chi connectivity index (χ2n) is 13.2. The topological polar surface area (TPSA) is 122 Å². The van der Waals surface area contributed by atoms with Crippen molar-refractivity contribution in [2.24, 2.45) is 0 Å². The molecule has 3 aromatic heterocycles. The van der Waals surface area contributed by atoms with Crippen molar-refractivity contribution in [3.05, 3.63) is 48.9 Å². The van der Waals surface area contributed by atoms with Gasteiger partial charge in [0, 0.05) is 48.6 Å². The first kappa shape index (κ1) is 31.8. The number of piperidine rings is 1. The number of pyridine rings is 1. The average molecular weight is 619 g/mol. The van der Waals surface area contributed by atoms with Crippen LogP contribution in [0.2, 0.25) is 0 Å². The van der Waals surface area contributed by atoms with Gasteiger partial charge < -0.3 is 29.2 Å². The molecule has 4 heterocycles. The number of anilines is 2. The quantitative estimate of drug-likeness (QED) is 0.250. The van der Waals surface area contributed by atoms with Gasteiger partial charge in [-0.05, 0) is 79.6 Å². The first-order valence-electron chi connectivity index (χ1n) is 15.0. The number of aromatic nitrogens is 4. The van der Waals surface area contributed by atoms with Crippen LogP contribution in [0, 0.1) is 0 Å². The van der Waals surface area contributed by atoms with Crippen molar-refractivity contribution in [1.29, 1.82) is 0 Å². The molecule has 0 atom stereocenters. The second kappa shape index (κ2) is 12.4. The predicted molar refractivity (Wildman–Crippen MR) is 172 cm³/mol. The molecular formula is C33H42N6O6. The number of nitrogens with zero attached hydrogens (tertiary/aromatic N) is 5. The van der Waals surface area contributed by atoms with Crippen LogP contribution in [0.4, 0.5) is 21.1 Å². The van der Waals surface area contributed by atoms with E-state index in [1.807, 2.05) is 24.3 Å². The zero-order chi connectivity index (χ0) is 32.5. The molecule has 12 nitrogen and oxygen atoms in total. The van der Waals surface area contributed by atoms with Crippen LogP contribution in [0.5, 0.6) is 11.5 Å². The molecule has 45 heavy (non-hydrogen) atoms. The van der Waals surface area contributed by atoms with Gasteiger partial charge in [-0.3, -0.25) is 0 Å². The number of rotatable bonds is 6. The van der Waals surface area contributed by atoms with Gasteiger partial charge in [0.2, 0.25) is 0 Å². The maximum atomic E-state index is 13.6. The van der Waals surface area contributed by atoms with Gasteiger partial charge in [0.15, 0.2) is 0 Å². The number of benzene rings is 1. The highest BCUT2D eigenvalue weighted by Crippen LogP contribution is 2.35. The number of fused-ring (bicyclic) bond motifs is 1. The van der Waals surface area contributed by atoms with Gasteiger partial charge in [-0.25, -0.2) is 19.1 Å². The van der Waals surface area contributed by atoms with Crippen molar-refractivity contribution in [3.63, 3.8) is 0 Å². The number of carbonyl (C=O) groups excluding carboxylic acids is 2. The van der Waals surface area contributed by atoms with Gasteiger partial charge in [-0.1, -0.05) is 0 Å². The largest absolute Gasteiger partial charge is 0.494 e. The van der Waals surface area contributed by atoms with Crippen LogP contribution >= 0.6 is 0 Å². The Morgan fingerprint density at radius 3 is 2.29 bits per heavy atom. The molecular weight excluding hydrogens is 576 g/mol. The predicted octanol–water partition coefficient (Wildman–Crippen LogP) is 6.69. The Labute approximate surface area is 263 Å². The fourth-order valence-corrected chi connectivity index (χ4v) is 5.03. The maximum absolute atomic E-state index is 13.6. The first-order chi connectivity index (χ1) is 21.2. The van der Waals surface area contributed by atoms with Crippen LogP contribution < -0.4 is 14.8 Å². The summed E-state index contributed by atoms with van der Waals surface area (Å²) >= 11 is 0. The van der Waals surface area contributed by atoms with E-state index >= 15 is 0 Å². The molecule has 0 radical (unpaired) electrons. The van der Waals surface area contributed by atoms with E-state index in [2.05, 4.69) is 27.3 Å². The highest BCUT2D eigenvalue weighted by molar-refractivity contribution is 5.97. The molecule has 5 rings (SSSR count). The van der Waals surface area contributed by atoms with Crippen LogP contribution in [0.15, 0.2) is 48.9 Å². The Morgan fingerprint density at radius 2 is 1.62 bits per heavy atom. The van der Waals surface area contributed by atoms with Gasteiger partial charge >= 0.3 is 12.2 Å². The minimum atomic E-state index is -0.746. The molecule has 4 aromatic rings. The highest BCUT2D eigenvalue weighted by Gasteiger charge is 2.26. The lowest BCUT2D eigenvalue weighted by Gasteiger charge is -2.29. The Bertz CT molecular complexity index is 1690. The zero-order valence-corrected chi connectivity index (χ0v) is 27.2. The summed E-state index contributed by atoms with van der Waals surface area (Å²) in [4.78, 5) is 33.1. The third-order valence-corrected chi connectivity index (χ3v) is 7.13. The number of methoxy groups -OCH3 is 1. The van der Waals surface area contributed by atoms with Crippen molar-refractivity contribution in [3.8, 4) is 22.8 Å². The van der Waals surface area contributed by atoms with Crippen LogP contribution in [0.3, 0.4) is 0 Å². The molecule has 0 bridgehead atoms. The number of hydrogen-bond donors (Lipinski definition) is 1. The lowest BCUT2D eigenvalue weighted by atomic mass is 10.1. The van der Waals surface area contributed by atoms with E-state index < -0.39 is 23.4 Å². The number of nitrogens with one attached hydrogen (secondary N) is 1. The average Bonchev–Trinajstić information content (AvgIpc) is 3.58. The van der Waals surface area contributed by atoms with E-state index in [-0.39, 0.29) is 6.10 Å². The van der Waals surface area contributed by atoms with Crippen molar-refractivity contribution in [2.45, 2.75) is 71.7 Å². The van der Waals surface area contributed by atoms with Crippen LogP contribution in [0.1, 0.15) is 54.4 Å². The van der Waals surface area contributed by atoms with E-state index in [4.69, 9.17) is 18.9 Å². The van der Waals surface area contributed by atoms with Gasteiger partial charge in [-0.15, -0.1) is 0 Å². The minimum absolute atomic E-state index is 0.167. The van der Waals surface area contributed by atoms with E-state index in [0.29, 0.717) is 39.4 Å². The maximum Gasteiger partial charge on any atom is 0.435 e. The van der Waals surface area contributed by atoms with Crippen LogP contribution in [0.25, 0.3) is 22.2 Å². The third kappa shape index (κ3) is 7.75. The molecule has 240 valence electrons. The van der Waals surface area contributed by atoms with Gasteiger partial charge in [-0.2, -0.15) is 9.78 Å². The molecule has 0 unspecified atom stereocenters. The summed E-state index contributed by atoms with van der Waals surface area (Å²) in [5.41, 5.74) is 0.828. The highest BCUT2D eigenvalue weighted by atomic mass is 16.6. The minimum Gasteiger partial charge on any atom is -0.494 e. The fourth-order valence-electron chi connectivity index (χ4n) is 5.03. The molecule has 0 spiro atoms. The number of likely N-dealkylation sites (tertiary alicyclic amines) is 1. The molecule has 12 heteroatoms. The fraction of sp³-hybridized carbons (Fsp3) is 0.455. The number of hydrogen-bond acceptors (Lipinski definition) is 10. The van der Waals surface area contributed by atoms with E-state index in [1.54, 1.807) is 60.9 Å². The summed E-state index contributed by atoms with van der Waals surface area (Å²) in [6, 6.07) is 9.23. The molecule has 0 saturated carbocycles. The van der Waals surface area contributed by atoms with Gasteiger partial charge in [0.1, 0.15) is 34.6 Å². The Hall–Kier alpha value is -4.58. The van der Waals surface area contributed by atoms with Crippen LogP contribution in [-0.4, -0.2) is 81.0 Å². The smallest absolute Gasteiger partial charge is 0.435 e. The number of carbonyl (C=O) groups is 2. The summed E-state index contributed by atoms with van der Waals surface area (Å²) < 4.78 is 25.7.